The van der Waals surface area contributed by atoms with Crippen LogP contribution in [0, 0.1) is 0 Å². The van der Waals surface area contributed by atoms with Crippen molar-refractivity contribution in [2.75, 3.05) is 19.0 Å². The minimum absolute atomic E-state index is 0. The number of benzene rings is 1. The van der Waals surface area contributed by atoms with Crippen molar-refractivity contribution in [2.24, 2.45) is 0 Å². The third-order valence-electron chi connectivity index (χ3n) is 1.34. The Morgan fingerprint density at radius 2 is 1.55 bits per heavy atom. The number of hydrogen-bond acceptors (Lipinski definition) is 1. The van der Waals surface area contributed by atoms with Gasteiger partial charge in [-0.25, -0.2) is 0 Å². The van der Waals surface area contributed by atoms with Gasteiger partial charge in [-0.15, -0.1) is 0 Å². The van der Waals surface area contributed by atoms with Gasteiger partial charge in [0.1, 0.15) is 0 Å². The summed E-state index contributed by atoms with van der Waals surface area (Å²) in [7, 11) is 4.06. The van der Waals surface area contributed by atoms with Crippen molar-refractivity contribution >= 4 is 44.7 Å². The van der Waals surface area contributed by atoms with Crippen LogP contribution in [0.1, 0.15) is 0 Å². The largest absolute Gasteiger partial charge is 2.00 e. The smallest absolute Gasteiger partial charge is 0.378 e. The molecule has 0 unspecified atom stereocenters. The Bertz CT molecular complexity index is 208. The van der Waals surface area contributed by atoms with Crippen molar-refractivity contribution < 1.29 is 0 Å². The standard InChI is InChI=1S/C8H10BrN.Mg/c1-10(2)8-5-3-7(9)4-6-8;/h3-6H,1-2H3;/q;+2. The topological polar surface area (TPSA) is 3.24 Å². The second-order valence-electron chi connectivity index (χ2n) is 2.37. The molecule has 54 valence electrons. The van der Waals surface area contributed by atoms with Crippen LogP contribution >= 0.6 is 15.9 Å². The molecule has 1 aromatic rings. The second-order valence-corrected chi connectivity index (χ2v) is 3.29. The van der Waals surface area contributed by atoms with Crippen LogP contribution in [0.4, 0.5) is 5.69 Å². The fourth-order valence-electron chi connectivity index (χ4n) is 0.739. The molecule has 1 aromatic carbocycles. The molecule has 1 rings (SSSR count). The molecule has 0 spiro atoms. The summed E-state index contributed by atoms with van der Waals surface area (Å²) in [6.07, 6.45) is 0. The van der Waals surface area contributed by atoms with E-state index in [-0.39, 0.29) is 23.1 Å². The number of nitrogens with zero attached hydrogens (tertiary/aromatic N) is 1. The van der Waals surface area contributed by atoms with Crippen LogP contribution in [0.15, 0.2) is 28.7 Å². The van der Waals surface area contributed by atoms with Crippen molar-refractivity contribution in [2.45, 2.75) is 0 Å². The fraction of sp³-hybridized carbons (Fsp3) is 0.250. The van der Waals surface area contributed by atoms with Crippen molar-refractivity contribution in [3.05, 3.63) is 28.7 Å². The minimum Gasteiger partial charge on any atom is -0.378 e. The summed E-state index contributed by atoms with van der Waals surface area (Å²) in [5.74, 6) is 0. The van der Waals surface area contributed by atoms with Crippen LogP contribution in [0.2, 0.25) is 0 Å². The second kappa shape index (κ2) is 5.01. The maximum atomic E-state index is 3.38. The van der Waals surface area contributed by atoms with Crippen molar-refractivity contribution in [3.8, 4) is 0 Å². The van der Waals surface area contributed by atoms with Crippen LogP contribution < -0.4 is 4.90 Å². The number of rotatable bonds is 1. The van der Waals surface area contributed by atoms with Crippen molar-refractivity contribution in [1.29, 1.82) is 0 Å². The van der Waals surface area contributed by atoms with E-state index in [0.29, 0.717) is 0 Å². The molecule has 0 aliphatic carbocycles. The van der Waals surface area contributed by atoms with E-state index in [1.165, 1.54) is 5.69 Å². The van der Waals surface area contributed by atoms with Crippen LogP contribution in [0.3, 0.4) is 0 Å². The summed E-state index contributed by atoms with van der Waals surface area (Å²) in [5.41, 5.74) is 1.23. The van der Waals surface area contributed by atoms with Gasteiger partial charge in [0.15, 0.2) is 0 Å². The van der Waals surface area contributed by atoms with Crippen LogP contribution in [0.25, 0.3) is 0 Å². The van der Waals surface area contributed by atoms with E-state index in [0.717, 1.165) is 4.47 Å². The van der Waals surface area contributed by atoms with E-state index >= 15 is 0 Å². The molecule has 11 heavy (non-hydrogen) atoms. The molecule has 0 saturated carbocycles. The molecule has 0 radical (unpaired) electrons. The average molecular weight is 224 g/mol. The molecule has 1 nitrogen and oxygen atoms in total. The van der Waals surface area contributed by atoms with Gasteiger partial charge in [-0.2, -0.15) is 0 Å². The van der Waals surface area contributed by atoms with Gasteiger partial charge in [0.2, 0.25) is 0 Å². The third-order valence-corrected chi connectivity index (χ3v) is 1.87. The maximum Gasteiger partial charge on any atom is 2.00 e. The van der Waals surface area contributed by atoms with Gasteiger partial charge >= 0.3 is 23.1 Å². The molecular weight excluding hydrogens is 214 g/mol. The van der Waals surface area contributed by atoms with E-state index in [2.05, 4.69) is 33.0 Å². The van der Waals surface area contributed by atoms with Gasteiger partial charge in [0, 0.05) is 24.3 Å². The normalized spacial score (nSPS) is 8.64. The molecule has 0 saturated heterocycles. The van der Waals surface area contributed by atoms with E-state index in [9.17, 15) is 0 Å². The predicted octanol–water partition coefficient (Wildman–Crippen LogP) is 2.13. The zero-order valence-corrected chi connectivity index (χ0v) is 9.84. The quantitative estimate of drug-likeness (QED) is 0.661. The molecule has 0 aliphatic rings. The Labute approximate surface area is 92.1 Å². The molecule has 0 amide bonds. The summed E-state index contributed by atoms with van der Waals surface area (Å²) in [6.45, 7) is 0. The first-order chi connectivity index (χ1) is 4.70. The molecule has 0 bridgehead atoms. The van der Waals surface area contributed by atoms with Crippen molar-refractivity contribution in [1.82, 2.24) is 0 Å². The SMILES string of the molecule is CN(C)c1ccc(Br)cc1.[Mg+2]. The zero-order chi connectivity index (χ0) is 7.56. The molecule has 0 heterocycles. The summed E-state index contributed by atoms with van der Waals surface area (Å²) in [4.78, 5) is 2.08. The van der Waals surface area contributed by atoms with Gasteiger partial charge in [-0.3, -0.25) is 0 Å². The predicted molar refractivity (Wildman–Crippen MR) is 54.2 cm³/mol. The summed E-state index contributed by atoms with van der Waals surface area (Å²) >= 11 is 3.38. The molecule has 0 aliphatic heterocycles. The van der Waals surface area contributed by atoms with E-state index in [1.54, 1.807) is 0 Å². The molecule has 0 N–H and O–H groups in total. The van der Waals surface area contributed by atoms with Crippen LogP contribution in [0.5, 0.6) is 0 Å². The number of hydrogen-bond donors (Lipinski definition) is 0. The van der Waals surface area contributed by atoms with Gasteiger partial charge in [0.25, 0.3) is 0 Å². The summed E-state index contributed by atoms with van der Waals surface area (Å²) in [5, 5.41) is 0. The van der Waals surface area contributed by atoms with E-state index in [4.69, 9.17) is 0 Å². The first-order valence-electron chi connectivity index (χ1n) is 3.13. The molecule has 0 aromatic heterocycles. The zero-order valence-electron chi connectivity index (χ0n) is 6.84. The Morgan fingerprint density at radius 3 is 1.91 bits per heavy atom. The Morgan fingerprint density at radius 1 is 1.09 bits per heavy atom. The Balaban J connectivity index is 0.000001000. The third kappa shape index (κ3) is 3.45. The van der Waals surface area contributed by atoms with Crippen LogP contribution in [-0.2, 0) is 0 Å². The van der Waals surface area contributed by atoms with Gasteiger partial charge in [-0.1, -0.05) is 15.9 Å². The average Bonchev–Trinajstić information content (AvgIpc) is 1.88. The van der Waals surface area contributed by atoms with Gasteiger partial charge in [-0.05, 0) is 24.3 Å². The first kappa shape index (κ1) is 11.3. The molecule has 0 fully saturated rings. The first-order valence-corrected chi connectivity index (χ1v) is 3.92. The van der Waals surface area contributed by atoms with Gasteiger partial charge in [0.05, 0.1) is 0 Å². The Kier molecular flexibility index (Phi) is 5.13. The number of halogens is 1. The van der Waals surface area contributed by atoms with E-state index < -0.39 is 0 Å². The Hall–Kier alpha value is 0.266. The van der Waals surface area contributed by atoms with E-state index in [1.807, 2.05) is 26.2 Å². The van der Waals surface area contributed by atoms with Crippen molar-refractivity contribution in [3.63, 3.8) is 0 Å². The van der Waals surface area contributed by atoms with Crippen LogP contribution in [-0.4, -0.2) is 37.1 Å². The number of anilines is 1. The molecule has 3 heteroatoms. The summed E-state index contributed by atoms with van der Waals surface area (Å²) in [6, 6.07) is 8.22. The summed E-state index contributed by atoms with van der Waals surface area (Å²) < 4.78 is 1.12. The minimum atomic E-state index is 0. The van der Waals surface area contributed by atoms with Gasteiger partial charge < -0.3 is 4.90 Å². The monoisotopic (exact) mass is 223 g/mol. The fourth-order valence-corrected chi connectivity index (χ4v) is 1.00. The maximum absolute atomic E-state index is 3.38. The molecule has 0 atom stereocenters. The molecular formula is C8H10BrMgN+2.